The number of halogens is 1. The predicted molar refractivity (Wildman–Crippen MR) is 107 cm³/mol. The summed E-state index contributed by atoms with van der Waals surface area (Å²) >= 11 is 0. The first-order valence-corrected chi connectivity index (χ1v) is 9.42. The van der Waals surface area contributed by atoms with Gasteiger partial charge in [0.25, 0.3) is 0 Å². The van der Waals surface area contributed by atoms with Crippen LogP contribution in [0.25, 0.3) is 11.3 Å². The maximum atomic E-state index is 13.0. The Morgan fingerprint density at radius 3 is 2.73 bits per heavy atom. The van der Waals surface area contributed by atoms with Crippen molar-refractivity contribution in [3.8, 4) is 17.1 Å². The van der Waals surface area contributed by atoms with E-state index in [1.807, 2.05) is 0 Å². The summed E-state index contributed by atoms with van der Waals surface area (Å²) in [5.74, 6) is 0.354. The number of aryl methyl sites for hydroxylation is 1. The number of hydrogen-bond acceptors (Lipinski definition) is 6. The van der Waals surface area contributed by atoms with E-state index in [9.17, 15) is 14.0 Å². The van der Waals surface area contributed by atoms with E-state index in [1.54, 1.807) is 49.5 Å². The smallest absolute Gasteiger partial charge is 0.344 e. The summed E-state index contributed by atoms with van der Waals surface area (Å²) in [6.07, 6.45) is 2.02. The van der Waals surface area contributed by atoms with E-state index in [-0.39, 0.29) is 31.4 Å². The molecule has 0 radical (unpaired) electrons. The van der Waals surface area contributed by atoms with Gasteiger partial charge in [0, 0.05) is 30.2 Å². The number of nitrogens with zero attached hydrogens (tertiary/aromatic N) is 1. The van der Waals surface area contributed by atoms with Gasteiger partial charge in [-0.05, 0) is 43.3 Å². The van der Waals surface area contributed by atoms with Gasteiger partial charge in [-0.1, -0.05) is 6.07 Å². The molecule has 0 aliphatic rings. The van der Waals surface area contributed by atoms with Gasteiger partial charge in [0.05, 0.1) is 12.8 Å². The zero-order valence-electron chi connectivity index (χ0n) is 16.4. The number of benzene rings is 2. The molecule has 0 aliphatic heterocycles. The van der Waals surface area contributed by atoms with Crippen LogP contribution in [0.2, 0.25) is 0 Å². The average molecular weight is 412 g/mol. The number of hydrogen-bond donors (Lipinski definition) is 1. The Bertz CT molecular complexity index is 1000. The van der Waals surface area contributed by atoms with Crippen molar-refractivity contribution < 1.29 is 27.9 Å². The summed E-state index contributed by atoms with van der Waals surface area (Å²) in [5.41, 5.74) is 1.25. The van der Waals surface area contributed by atoms with E-state index in [1.165, 1.54) is 12.1 Å². The zero-order valence-corrected chi connectivity index (χ0v) is 16.4. The number of anilines is 1. The van der Waals surface area contributed by atoms with Crippen molar-refractivity contribution >= 4 is 17.6 Å². The Morgan fingerprint density at radius 2 is 1.97 bits per heavy atom. The van der Waals surface area contributed by atoms with Crippen LogP contribution in [-0.4, -0.2) is 30.1 Å². The minimum absolute atomic E-state index is 0.164. The fourth-order valence-corrected chi connectivity index (χ4v) is 2.63. The average Bonchev–Trinajstić information content (AvgIpc) is 3.21. The normalized spacial score (nSPS) is 10.5. The van der Waals surface area contributed by atoms with Crippen molar-refractivity contribution in [2.45, 2.75) is 19.8 Å². The van der Waals surface area contributed by atoms with Crippen molar-refractivity contribution in [3.63, 3.8) is 0 Å². The highest BCUT2D eigenvalue weighted by Gasteiger charge is 2.10. The first kappa shape index (κ1) is 21.0. The van der Waals surface area contributed by atoms with Gasteiger partial charge in [0.15, 0.2) is 18.3 Å². The van der Waals surface area contributed by atoms with E-state index in [0.29, 0.717) is 35.1 Å². The highest BCUT2D eigenvalue weighted by Crippen LogP contribution is 2.21. The number of rotatable bonds is 9. The summed E-state index contributed by atoms with van der Waals surface area (Å²) in [7, 11) is 0. The molecule has 1 aromatic heterocycles. The predicted octanol–water partition coefficient (Wildman–Crippen LogP) is 3.99. The Labute approximate surface area is 172 Å². The third-order valence-corrected chi connectivity index (χ3v) is 4.03. The fourth-order valence-electron chi connectivity index (χ4n) is 2.63. The molecule has 0 atom stereocenters. The molecule has 0 fully saturated rings. The van der Waals surface area contributed by atoms with Gasteiger partial charge in [0.1, 0.15) is 11.6 Å². The first-order chi connectivity index (χ1) is 14.5. The van der Waals surface area contributed by atoms with Gasteiger partial charge in [-0.3, -0.25) is 4.79 Å². The number of esters is 1. The van der Waals surface area contributed by atoms with E-state index in [0.717, 1.165) is 0 Å². The van der Waals surface area contributed by atoms with Crippen LogP contribution < -0.4 is 10.1 Å². The zero-order chi connectivity index (χ0) is 21.3. The molecule has 1 amide bonds. The number of ether oxygens (including phenoxy) is 2. The van der Waals surface area contributed by atoms with Crippen LogP contribution in [0.5, 0.6) is 5.75 Å². The van der Waals surface area contributed by atoms with Crippen LogP contribution in [0.1, 0.15) is 19.2 Å². The minimum Gasteiger partial charge on any atom is -0.482 e. The van der Waals surface area contributed by atoms with Gasteiger partial charge in [-0.15, -0.1) is 0 Å². The number of aromatic nitrogens is 1. The lowest BCUT2D eigenvalue weighted by Crippen LogP contribution is -2.15. The van der Waals surface area contributed by atoms with Crippen molar-refractivity contribution in [3.05, 3.63) is 66.4 Å². The van der Waals surface area contributed by atoms with Crippen LogP contribution in [0, 0.1) is 5.82 Å². The molecule has 8 heteroatoms. The van der Waals surface area contributed by atoms with E-state index >= 15 is 0 Å². The molecule has 0 bridgehead atoms. The molecule has 0 saturated carbocycles. The third-order valence-electron chi connectivity index (χ3n) is 4.03. The van der Waals surface area contributed by atoms with E-state index in [4.69, 9.17) is 13.9 Å². The molecule has 1 heterocycles. The monoisotopic (exact) mass is 412 g/mol. The Kier molecular flexibility index (Phi) is 7.15. The van der Waals surface area contributed by atoms with Gasteiger partial charge < -0.3 is 19.2 Å². The molecule has 1 N–H and O–H groups in total. The van der Waals surface area contributed by atoms with Crippen LogP contribution in [-0.2, 0) is 20.7 Å². The largest absolute Gasteiger partial charge is 0.482 e. The van der Waals surface area contributed by atoms with E-state index < -0.39 is 5.97 Å². The third kappa shape index (κ3) is 6.16. The maximum Gasteiger partial charge on any atom is 0.344 e. The van der Waals surface area contributed by atoms with Crippen LogP contribution in [0.3, 0.4) is 0 Å². The molecule has 30 heavy (non-hydrogen) atoms. The fraction of sp³-hybridized carbons (Fsp3) is 0.227. The van der Waals surface area contributed by atoms with Gasteiger partial charge >= 0.3 is 5.97 Å². The number of amides is 1. The molecule has 3 rings (SSSR count). The Balaban J connectivity index is 1.49. The minimum atomic E-state index is -0.460. The second kappa shape index (κ2) is 10.2. The lowest BCUT2D eigenvalue weighted by atomic mass is 10.2. The lowest BCUT2D eigenvalue weighted by molar-refractivity contribution is -0.145. The number of carbonyl (C=O) groups excluding carboxylic acids is 2. The van der Waals surface area contributed by atoms with Crippen molar-refractivity contribution in [2.75, 3.05) is 18.5 Å². The van der Waals surface area contributed by atoms with Gasteiger partial charge in [-0.2, -0.15) is 0 Å². The number of carbonyl (C=O) groups is 2. The summed E-state index contributed by atoms with van der Waals surface area (Å²) in [6.45, 7) is 1.80. The molecular weight excluding hydrogens is 391 g/mol. The second-order valence-corrected chi connectivity index (χ2v) is 6.29. The van der Waals surface area contributed by atoms with Crippen LogP contribution >= 0.6 is 0 Å². The molecule has 3 aromatic rings. The Hall–Kier alpha value is -3.68. The van der Waals surface area contributed by atoms with Crippen molar-refractivity contribution in [1.29, 1.82) is 0 Å². The molecule has 2 aromatic carbocycles. The molecule has 0 saturated heterocycles. The molecule has 156 valence electrons. The quantitative estimate of drug-likeness (QED) is 0.535. The van der Waals surface area contributed by atoms with Crippen molar-refractivity contribution in [1.82, 2.24) is 4.98 Å². The molecular formula is C22H21FN2O5. The second-order valence-electron chi connectivity index (χ2n) is 6.29. The highest BCUT2D eigenvalue weighted by atomic mass is 19.1. The molecule has 0 aliphatic carbocycles. The molecule has 0 unspecified atom stereocenters. The lowest BCUT2D eigenvalue weighted by Gasteiger charge is -2.08. The van der Waals surface area contributed by atoms with E-state index in [2.05, 4.69) is 10.3 Å². The van der Waals surface area contributed by atoms with Gasteiger partial charge in [-0.25, -0.2) is 14.2 Å². The summed E-state index contributed by atoms with van der Waals surface area (Å²) < 4.78 is 28.8. The first-order valence-electron chi connectivity index (χ1n) is 9.42. The number of nitrogens with one attached hydrogen (secondary N) is 1. The van der Waals surface area contributed by atoms with Crippen molar-refractivity contribution in [2.24, 2.45) is 0 Å². The maximum absolute atomic E-state index is 13.0. The highest BCUT2D eigenvalue weighted by molar-refractivity contribution is 5.91. The van der Waals surface area contributed by atoms with Gasteiger partial charge in [0.2, 0.25) is 5.91 Å². The SMILES string of the molecule is CCOC(=O)COc1cccc(NC(=O)CCc2ncc(-c3ccc(F)cc3)o2)c1. The van der Waals surface area contributed by atoms with Crippen LogP contribution in [0.15, 0.2) is 59.1 Å². The molecule has 0 spiro atoms. The standard InChI is InChI=1S/C22H21FN2O5/c1-2-28-22(27)14-29-18-5-3-4-17(12-18)25-20(26)10-11-21-24-13-19(30-21)15-6-8-16(23)9-7-15/h3-9,12-13H,2,10-11,14H2,1H3,(H,25,26). The summed E-state index contributed by atoms with van der Waals surface area (Å²) in [5, 5.41) is 2.76. The molecule has 7 nitrogen and oxygen atoms in total. The summed E-state index contributed by atoms with van der Waals surface area (Å²) in [6, 6.07) is 12.6. The topological polar surface area (TPSA) is 90.7 Å². The summed E-state index contributed by atoms with van der Waals surface area (Å²) in [4.78, 5) is 27.7. The van der Waals surface area contributed by atoms with Crippen LogP contribution in [0.4, 0.5) is 10.1 Å². The Morgan fingerprint density at radius 1 is 1.17 bits per heavy atom. The number of oxazole rings is 1.